The number of hydrogen-bond acceptors (Lipinski definition) is 2. The van der Waals surface area contributed by atoms with Crippen molar-refractivity contribution in [2.24, 2.45) is 5.92 Å². The lowest BCUT2D eigenvalue weighted by Gasteiger charge is -2.41. The van der Waals surface area contributed by atoms with Crippen LogP contribution in [0.3, 0.4) is 0 Å². The fourth-order valence-corrected chi connectivity index (χ4v) is 4.30. The largest absolute Gasteiger partial charge is 0.348 e. The van der Waals surface area contributed by atoms with E-state index in [0.717, 1.165) is 30.6 Å². The maximum absolute atomic E-state index is 13.5. The topological polar surface area (TPSA) is 45.6 Å². The van der Waals surface area contributed by atoms with Gasteiger partial charge in [0.2, 0.25) is 11.8 Å². The summed E-state index contributed by atoms with van der Waals surface area (Å²) >= 11 is 6.26. The minimum Gasteiger partial charge on any atom is -0.348 e. The second kappa shape index (κ2) is 7.52. The predicted octanol–water partition coefficient (Wildman–Crippen LogP) is 4.11. The van der Waals surface area contributed by atoms with E-state index >= 15 is 0 Å². The van der Waals surface area contributed by atoms with Gasteiger partial charge >= 0.3 is 0 Å². The third-order valence-corrected chi connectivity index (χ3v) is 6.05. The molecule has 0 N–H and O–H groups in total. The molecule has 4 rings (SSSR count). The van der Waals surface area contributed by atoms with E-state index in [-0.39, 0.29) is 30.3 Å². The summed E-state index contributed by atoms with van der Waals surface area (Å²) in [5.74, 6) is 0.168. The van der Waals surface area contributed by atoms with Crippen molar-refractivity contribution in [3.8, 4) is 0 Å². The van der Waals surface area contributed by atoms with Crippen LogP contribution in [-0.4, -0.2) is 44.8 Å². The van der Waals surface area contributed by atoms with Gasteiger partial charge in [-0.2, -0.15) is 0 Å². The van der Waals surface area contributed by atoms with E-state index in [0.29, 0.717) is 11.6 Å². The molecule has 2 aliphatic rings. The van der Waals surface area contributed by atoms with Crippen LogP contribution in [0, 0.1) is 5.92 Å². The highest BCUT2D eigenvalue weighted by molar-refractivity contribution is 6.30. The number of amides is 2. The van der Waals surface area contributed by atoms with Crippen LogP contribution >= 0.6 is 11.6 Å². The summed E-state index contributed by atoms with van der Waals surface area (Å²) in [6.45, 7) is 7.45. The van der Waals surface area contributed by atoms with Crippen molar-refractivity contribution in [1.29, 1.82) is 0 Å². The number of aromatic nitrogens is 1. The van der Waals surface area contributed by atoms with Crippen LogP contribution in [0.25, 0.3) is 0 Å². The molecule has 0 saturated heterocycles. The van der Waals surface area contributed by atoms with E-state index in [9.17, 15) is 9.59 Å². The smallest absolute Gasteiger partial charge is 0.243 e. The molecule has 1 saturated carbocycles. The van der Waals surface area contributed by atoms with Crippen LogP contribution in [0.2, 0.25) is 5.02 Å². The van der Waals surface area contributed by atoms with Crippen LogP contribution in [-0.2, 0) is 16.1 Å². The number of benzene rings is 1. The first-order chi connectivity index (χ1) is 13.8. The third-order valence-electron chi connectivity index (χ3n) is 5.82. The Hall–Kier alpha value is -2.27. The summed E-state index contributed by atoms with van der Waals surface area (Å²) in [5.41, 5.74) is 1.67. The monoisotopic (exact) mass is 413 g/mol. The average molecular weight is 414 g/mol. The Morgan fingerprint density at radius 3 is 2.55 bits per heavy atom. The van der Waals surface area contributed by atoms with Gasteiger partial charge in [-0.15, -0.1) is 0 Å². The van der Waals surface area contributed by atoms with Gasteiger partial charge < -0.3 is 14.4 Å². The Labute approximate surface area is 177 Å². The highest BCUT2D eigenvalue weighted by atomic mass is 35.5. The quantitative estimate of drug-likeness (QED) is 0.757. The van der Waals surface area contributed by atoms with E-state index in [1.54, 1.807) is 4.90 Å². The first-order valence-electron chi connectivity index (χ1n) is 10.3. The Bertz CT molecular complexity index is 926. The molecule has 1 fully saturated rings. The average Bonchev–Trinajstić information content (AvgIpc) is 3.41. The summed E-state index contributed by atoms with van der Waals surface area (Å²) in [7, 11) is 0. The summed E-state index contributed by atoms with van der Waals surface area (Å²) in [4.78, 5) is 30.0. The van der Waals surface area contributed by atoms with E-state index in [4.69, 9.17) is 11.6 Å². The minimum absolute atomic E-state index is 0.0219. The van der Waals surface area contributed by atoms with Crippen LogP contribution in [0.15, 0.2) is 42.6 Å². The molecule has 0 bridgehead atoms. The SMILES string of the molecule is CC(C)(C)N(CC(=O)N1CCn2cccc2[C@H]1c1cccc(Cl)c1)C(=O)C1CC1. The number of halogens is 1. The molecule has 2 amide bonds. The van der Waals surface area contributed by atoms with Gasteiger partial charge in [-0.1, -0.05) is 23.7 Å². The summed E-state index contributed by atoms with van der Waals surface area (Å²) in [6.07, 6.45) is 3.91. The van der Waals surface area contributed by atoms with Crippen molar-refractivity contribution in [3.63, 3.8) is 0 Å². The molecule has 29 heavy (non-hydrogen) atoms. The van der Waals surface area contributed by atoms with Gasteiger partial charge in [0, 0.05) is 41.5 Å². The van der Waals surface area contributed by atoms with E-state index < -0.39 is 5.54 Å². The second-order valence-corrected chi connectivity index (χ2v) is 9.48. The fraction of sp³-hybridized carbons (Fsp3) is 0.478. The molecule has 2 aromatic rings. The lowest BCUT2D eigenvalue weighted by molar-refractivity contribution is -0.147. The molecule has 1 aliphatic heterocycles. The van der Waals surface area contributed by atoms with Crippen LogP contribution in [0.1, 0.15) is 50.9 Å². The lowest BCUT2D eigenvalue weighted by atomic mass is 9.99. The van der Waals surface area contributed by atoms with E-state index in [2.05, 4.69) is 10.6 Å². The molecule has 1 aromatic carbocycles. The number of hydrogen-bond donors (Lipinski definition) is 0. The van der Waals surface area contributed by atoms with Gasteiger partial charge in [0.25, 0.3) is 0 Å². The first kappa shape index (κ1) is 20.0. The van der Waals surface area contributed by atoms with Crippen LogP contribution in [0.4, 0.5) is 0 Å². The number of rotatable bonds is 4. The van der Waals surface area contributed by atoms with Gasteiger partial charge in [0.15, 0.2) is 0 Å². The Kier molecular flexibility index (Phi) is 5.19. The molecular formula is C23H28ClN3O2. The van der Waals surface area contributed by atoms with Crippen LogP contribution in [0.5, 0.6) is 0 Å². The number of fused-ring (bicyclic) bond motifs is 1. The molecule has 6 heteroatoms. The van der Waals surface area contributed by atoms with Gasteiger partial charge in [-0.3, -0.25) is 9.59 Å². The molecule has 1 aliphatic carbocycles. The van der Waals surface area contributed by atoms with Gasteiger partial charge in [0.05, 0.1) is 6.04 Å². The minimum atomic E-state index is -0.392. The molecule has 0 radical (unpaired) electrons. The molecule has 5 nitrogen and oxygen atoms in total. The fourth-order valence-electron chi connectivity index (χ4n) is 4.10. The maximum atomic E-state index is 13.5. The molecule has 2 heterocycles. The highest BCUT2D eigenvalue weighted by Gasteiger charge is 2.40. The van der Waals surface area contributed by atoms with E-state index in [1.807, 2.05) is 62.2 Å². The lowest BCUT2D eigenvalue weighted by Crippen LogP contribution is -2.53. The highest BCUT2D eigenvalue weighted by Crippen LogP contribution is 2.36. The summed E-state index contributed by atoms with van der Waals surface area (Å²) < 4.78 is 2.19. The molecular weight excluding hydrogens is 386 g/mol. The molecule has 154 valence electrons. The van der Waals surface area contributed by atoms with Gasteiger partial charge in [-0.05, 0) is 63.4 Å². The number of carbonyl (C=O) groups is 2. The van der Waals surface area contributed by atoms with Crippen molar-refractivity contribution in [2.45, 2.75) is 51.7 Å². The number of carbonyl (C=O) groups excluding carboxylic acids is 2. The molecule has 1 aromatic heterocycles. The van der Waals surface area contributed by atoms with Crippen molar-refractivity contribution in [1.82, 2.24) is 14.4 Å². The zero-order chi connectivity index (χ0) is 20.8. The summed E-state index contributed by atoms with van der Waals surface area (Å²) in [6, 6.07) is 11.6. The first-order valence-corrected chi connectivity index (χ1v) is 10.6. The Morgan fingerprint density at radius 1 is 1.14 bits per heavy atom. The second-order valence-electron chi connectivity index (χ2n) is 9.04. The Morgan fingerprint density at radius 2 is 1.90 bits per heavy atom. The Balaban J connectivity index is 1.64. The third kappa shape index (κ3) is 4.06. The number of nitrogens with zero attached hydrogens (tertiary/aromatic N) is 3. The van der Waals surface area contributed by atoms with Crippen LogP contribution < -0.4 is 0 Å². The van der Waals surface area contributed by atoms with Gasteiger partial charge in [-0.25, -0.2) is 0 Å². The molecule has 1 atom stereocenters. The zero-order valence-corrected chi connectivity index (χ0v) is 18.0. The standard InChI is InChI=1S/C23H28ClN3O2/c1-23(2,3)27(22(29)16-9-10-16)15-20(28)26-13-12-25-11-5-8-19(25)21(26)17-6-4-7-18(24)14-17/h4-8,11,14,16,21H,9-10,12-13,15H2,1-3H3/t21-/m1/s1. The maximum Gasteiger partial charge on any atom is 0.243 e. The van der Waals surface area contributed by atoms with Crippen molar-refractivity contribution < 1.29 is 9.59 Å². The normalized spacial score (nSPS) is 19.0. The summed E-state index contributed by atoms with van der Waals surface area (Å²) in [5, 5.41) is 0.652. The van der Waals surface area contributed by atoms with E-state index in [1.165, 1.54) is 0 Å². The van der Waals surface area contributed by atoms with Gasteiger partial charge in [0.1, 0.15) is 6.54 Å². The molecule has 0 unspecified atom stereocenters. The van der Waals surface area contributed by atoms with Crippen molar-refractivity contribution >= 4 is 23.4 Å². The zero-order valence-electron chi connectivity index (χ0n) is 17.3. The van der Waals surface area contributed by atoms with Crippen molar-refractivity contribution in [2.75, 3.05) is 13.1 Å². The van der Waals surface area contributed by atoms with Crippen molar-refractivity contribution in [3.05, 3.63) is 58.9 Å². The molecule has 0 spiro atoms. The predicted molar refractivity (Wildman–Crippen MR) is 114 cm³/mol.